The van der Waals surface area contributed by atoms with E-state index in [4.69, 9.17) is 0 Å². The van der Waals surface area contributed by atoms with Crippen molar-refractivity contribution in [2.45, 2.75) is 26.9 Å². The number of hydrogen-bond donors (Lipinski definition) is 1. The number of aliphatic hydroxyl groups is 1. The van der Waals surface area contributed by atoms with E-state index in [1.807, 2.05) is 37.3 Å². The van der Waals surface area contributed by atoms with Crippen LogP contribution >= 0.6 is 15.9 Å². The van der Waals surface area contributed by atoms with E-state index in [0.717, 1.165) is 21.2 Å². The summed E-state index contributed by atoms with van der Waals surface area (Å²) in [6, 6.07) is 12.2. The summed E-state index contributed by atoms with van der Waals surface area (Å²) in [6.45, 7) is 6.13. The molecular formula is C16H17BrO. The van der Waals surface area contributed by atoms with Crippen LogP contribution in [0.5, 0.6) is 0 Å². The fraction of sp³-hybridized carbons (Fsp3) is 0.250. The molecule has 0 aromatic heterocycles. The van der Waals surface area contributed by atoms with E-state index in [-0.39, 0.29) is 0 Å². The minimum absolute atomic E-state index is 0.568. The van der Waals surface area contributed by atoms with E-state index >= 15 is 0 Å². The smallest absolute Gasteiger partial charge is 0.104 e. The SMILES string of the molecule is Cc1cc(C)cc(C(O)c2cc(Br)ccc2C)c1. The second kappa shape index (κ2) is 5.25. The van der Waals surface area contributed by atoms with Gasteiger partial charge in [-0.3, -0.25) is 0 Å². The molecule has 2 heteroatoms. The first-order valence-corrected chi connectivity index (χ1v) is 6.79. The number of aryl methyl sites for hydroxylation is 3. The molecule has 0 saturated heterocycles. The molecule has 2 rings (SSSR count). The van der Waals surface area contributed by atoms with Gasteiger partial charge in [-0.15, -0.1) is 0 Å². The van der Waals surface area contributed by atoms with Gasteiger partial charge in [0.25, 0.3) is 0 Å². The lowest BCUT2D eigenvalue weighted by molar-refractivity contribution is 0.219. The van der Waals surface area contributed by atoms with E-state index < -0.39 is 6.10 Å². The molecule has 0 amide bonds. The molecule has 0 saturated carbocycles. The Labute approximate surface area is 117 Å². The molecule has 0 aliphatic carbocycles. The zero-order chi connectivity index (χ0) is 13.3. The van der Waals surface area contributed by atoms with Crippen LogP contribution in [0.15, 0.2) is 40.9 Å². The van der Waals surface area contributed by atoms with Crippen molar-refractivity contribution in [1.82, 2.24) is 0 Å². The third-order valence-electron chi connectivity index (χ3n) is 3.10. The number of hydrogen-bond acceptors (Lipinski definition) is 1. The lowest BCUT2D eigenvalue weighted by atomic mass is 9.95. The van der Waals surface area contributed by atoms with Crippen molar-refractivity contribution in [2.24, 2.45) is 0 Å². The quantitative estimate of drug-likeness (QED) is 0.868. The first-order valence-electron chi connectivity index (χ1n) is 5.99. The van der Waals surface area contributed by atoms with Gasteiger partial charge in [0.05, 0.1) is 0 Å². The summed E-state index contributed by atoms with van der Waals surface area (Å²) in [6.07, 6.45) is -0.568. The summed E-state index contributed by atoms with van der Waals surface area (Å²) in [4.78, 5) is 0. The summed E-state index contributed by atoms with van der Waals surface area (Å²) in [5.41, 5.74) is 5.36. The molecule has 2 aromatic carbocycles. The maximum Gasteiger partial charge on any atom is 0.104 e. The Morgan fingerprint density at radius 1 is 0.944 bits per heavy atom. The van der Waals surface area contributed by atoms with Crippen molar-refractivity contribution in [3.05, 3.63) is 68.7 Å². The van der Waals surface area contributed by atoms with Crippen molar-refractivity contribution in [1.29, 1.82) is 0 Å². The number of rotatable bonds is 2. The lowest BCUT2D eigenvalue weighted by Crippen LogP contribution is -2.03. The van der Waals surface area contributed by atoms with Crippen LogP contribution in [0.25, 0.3) is 0 Å². The van der Waals surface area contributed by atoms with Gasteiger partial charge in [-0.1, -0.05) is 51.3 Å². The predicted octanol–water partition coefficient (Wildman–Crippen LogP) is 4.46. The molecule has 1 nitrogen and oxygen atoms in total. The molecule has 0 aliphatic rings. The lowest BCUT2D eigenvalue weighted by Gasteiger charge is -2.16. The first kappa shape index (κ1) is 13.3. The molecule has 1 N–H and O–H groups in total. The molecule has 1 unspecified atom stereocenters. The molecule has 0 fully saturated rings. The molecule has 0 heterocycles. The van der Waals surface area contributed by atoms with E-state index in [9.17, 15) is 5.11 Å². The largest absolute Gasteiger partial charge is 0.384 e. The van der Waals surface area contributed by atoms with Crippen LogP contribution in [0.2, 0.25) is 0 Å². The second-order valence-electron chi connectivity index (χ2n) is 4.82. The molecule has 94 valence electrons. The van der Waals surface area contributed by atoms with Crippen molar-refractivity contribution < 1.29 is 5.11 Å². The summed E-state index contributed by atoms with van der Waals surface area (Å²) in [5.74, 6) is 0. The average Bonchev–Trinajstić information content (AvgIpc) is 2.30. The topological polar surface area (TPSA) is 20.2 Å². The average molecular weight is 305 g/mol. The van der Waals surface area contributed by atoms with Gasteiger partial charge in [0.15, 0.2) is 0 Å². The molecule has 2 aromatic rings. The maximum atomic E-state index is 10.5. The van der Waals surface area contributed by atoms with Crippen LogP contribution in [-0.2, 0) is 0 Å². The van der Waals surface area contributed by atoms with Crippen molar-refractivity contribution in [3.63, 3.8) is 0 Å². The minimum Gasteiger partial charge on any atom is -0.384 e. The third kappa shape index (κ3) is 2.82. The molecule has 18 heavy (non-hydrogen) atoms. The van der Waals surface area contributed by atoms with Gasteiger partial charge in [-0.05, 0) is 49.6 Å². The third-order valence-corrected chi connectivity index (χ3v) is 3.59. The highest BCUT2D eigenvalue weighted by molar-refractivity contribution is 9.10. The van der Waals surface area contributed by atoms with Gasteiger partial charge in [0.2, 0.25) is 0 Å². The van der Waals surface area contributed by atoms with Crippen LogP contribution in [0.1, 0.15) is 33.9 Å². The maximum absolute atomic E-state index is 10.5. The summed E-state index contributed by atoms with van der Waals surface area (Å²) in [7, 11) is 0. The van der Waals surface area contributed by atoms with Crippen LogP contribution in [0.3, 0.4) is 0 Å². The highest BCUT2D eigenvalue weighted by atomic mass is 79.9. The van der Waals surface area contributed by atoms with E-state index in [2.05, 4.69) is 35.8 Å². The second-order valence-corrected chi connectivity index (χ2v) is 5.74. The number of halogens is 1. The normalized spacial score (nSPS) is 12.5. The van der Waals surface area contributed by atoms with Crippen LogP contribution in [0, 0.1) is 20.8 Å². The Kier molecular flexibility index (Phi) is 3.88. The first-order chi connectivity index (χ1) is 8.47. The van der Waals surface area contributed by atoms with E-state index in [1.165, 1.54) is 11.1 Å². The number of aliphatic hydroxyl groups excluding tert-OH is 1. The predicted molar refractivity (Wildman–Crippen MR) is 78.9 cm³/mol. The summed E-state index contributed by atoms with van der Waals surface area (Å²) >= 11 is 3.45. The Morgan fingerprint density at radius 3 is 2.17 bits per heavy atom. The highest BCUT2D eigenvalue weighted by Gasteiger charge is 2.13. The zero-order valence-electron chi connectivity index (χ0n) is 10.9. The number of benzene rings is 2. The summed E-state index contributed by atoms with van der Waals surface area (Å²) in [5, 5.41) is 10.5. The molecule has 0 spiro atoms. The molecular weight excluding hydrogens is 288 g/mol. The Bertz CT molecular complexity index is 555. The molecule has 0 radical (unpaired) electrons. The van der Waals surface area contributed by atoms with E-state index in [0.29, 0.717) is 0 Å². The van der Waals surface area contributed by atoms with Gasteiger partial charge in [0.1, 0.15) is 6.10 Å². The van der Waals surface area contributed by atoms with Crippen LogP contribution in [0.4, 0.5) is 0 Å². The van der Waals surface area contributed by atoms with Crippen LogP contribution < -0.4 is 0 Å². The van der Waals surface area contributed by atoms with Crippen molar-refractivity contribution >= 4 is 15.9 Å². The van der Waals surface area contributed by atoms with Gasteiger partial charge >= 0.3 is 0 Å². The van der Waals surface area contributed by atoms with Gasteiger partial charge in [0, 0.05) is 4.47 Å². The highest BCUT2D eigenvalue weighted by Crippen LogP contribution is 2.28. The van der Waals surface area contributed by atoms with Gasteiger partial charge in [-0.25, -0.2) is 0 Å². The fourth-order valence-corrected chi connectivity index (χ4v) is 2.63. The Hall–Kier alpha value is -1.12. The van der Waals surface area contributed by atoms with Gasteiger partial charge < -0.3 is 5.11 Å². The fourth-order valence-electron chi connectivity index (χ4n) is 2.25. The zero-order valence-corrected chi connectivity index (χ0v) is 12.5. The van der Waals surface area contributed by atoms with Gasteiger partial charge in [-0.2, -0.15) is 0 Å². The monoisotopic (exact) mass is 304 g/mol. The molecule has 0 aliphatic heterocycles. The van der Waals surface area contributed by atoms with E-state index in [1.54, 1.807) is 0 Å². The standard InChI is InChI=1S/C16H17BrO/c1-10-6-11(2)8-13(7-10)16(18)15-9-14(17)5-4-12(15)3/h4-9,16,18H,1-3H3. The van der Waals surface area contributed by atoms with Crippen molar-refractivity contribution in [2.75, 3.05) is 0 Å². The Morgan fingerprint density at radius 2 is 1.56 bits per heavy atom. The summed E-state index contributed by atoms with van der Waals surface area (Å²) < 4.78 is 0.992. The minimum atomic E-state index is -0.568. The molecule has 1 atom stereocenters. The molecule has 0 bridgehead atoms. The van der Waals surface area contributed by atoms with Crippen LogP contribution in [-0.4, -0.2) is 5.11 Å². The Balaban J connectivity index is 2.47. The van der Waals surface area contributed by atoms with Crippen molar-refractivity contribution in [3.8, 4) is 0 Å².